The lowest BCUT2D eigenvalue weighted by molar-refractivity contribution is -0.134. The fourth-order valence-corrected chi connectivity index (χ4v) is 4.97. The standard InChI is InChI=1S/C33H43N3O2/c1-6-14-29-24(3)32(36-30(15-7-2)27-16-12-10-8-9-11-13-17-27)33(34-25(29)4)35-28-21-18-26(19-22-28)20-23-31(37)38-5/h6,8-9,14,18-23,27H,7,10-13,15-17H2,1-5H3,(H,34,35)/b9-8-,14-6-,23-20+,36-30?. The molecule has 0 atom stereocenters. The van der Waals surface area contributed by atoms with Crippen molar-refractivity contribution < 1.29 is 9.53 Å². The first kappa shape index (κ1) is 29.1. The van der Waals surface area contributed by atoms with Gasteiger partial charge in [-0.15, -0.1) is 0 Å². The Balaban J connectivity index is 2.01. The number of nitrogens with one attached hydrogen (secondary N) is 1. The fraction of sp³-hybridized carbons (Fsp3) is 0.424. The Bertz CT molecular complexity index is 1180. The average molecular weight is 514 g/mol. The van der Waals surface area contributed by atoms with Crippen molar-refractivity contribution in [3.63, 3.8) is 0 Å². The number of rotatable bonds is 9. The molecule has 38 heavy (non-hydrogen) atoms. The number of hydrogen-bond acceptors (Lipinski definition) is 5. The van der Waals surface area contributed by atoms with Gasteiger partial charge in [-0.3, -0.25) is 4.99 Å². The molecule has 0 fully saturated rings. The molecule has 0 unspecified atom stereocenters. The third kappa shape index (κ3) is 8.27. The molecule has 0 saturated carbocycles. The lowest BCUT2D eigenvalue weighted by Gasteiger charge is -2.21. The predicted molar refractivity (Wildman–Crippen MR) is 162 cm³/mol. The Morgan fingerprint density at radius 1 is 1.11 bits per heavy atom. The molecule has 0 bridgehead atoms. The highest BCUT2D eigenvalue weighted by Crippen LogP contribution is 2.36. The largest absolute Gasteiger partial charge is 0.466 e. The zero-order valence-electron chi connectivity index (χ0n) is 23.7. The van der Waals surface area contributed by atoms with E-state index in [1.807, 2.05) is 31.2 Å². The summed E-state index contributed by atoms with van der Waals surface area (Å²) >= 11 is 0. The van der Waals surface area contributed by atoms with Gasteiger partial charge in [0.25, 0.3) is 0 Å². The molecule has 1 aliphatic carbocycles. The molecule has 2 aromatic rings. The molecule has 1 N–H and O–H groups in total. The van der Waals surface area contributed by atoms with Crippen LogP contribution in [0.1, 0.15) is 87.6 Å². The predicted octanol–water partition coefficient (Wildman–Crippen LogP) is 9.06. The molecular weight excluding hydrogens is 470 g/mol. The molecule has 1 aromatic carbocycles. The Morgan fingerprint density at radius 2 is 1.79 bits per heavy atom. The van der Waals surface area contributed by atoms with Crippen molar-refractivity contribution in [1.29, 1.82) is 0 Å². The third-order valence-corrected chi connectivity index (χ3v) is 7.02. The van der Waals surface area contributed by atoms with Crippen LogP contribution in [0.2, 0.25) is 0 Å². The molecule has 1 aromatic heterocycles. The Hall–Kier alpha value is -3.47. The van der Waals surface area contributed by atoms with Gasteiger partial charge in [0, 0.05) is 28.7 Å². The summed E-state index contributed by atoms with van der Waals surface area (Å²) in [4.78, 5) is 21.8. The topological polar surface area (TPSA) is 63.6 Å². The van der Waals surface area contributed by atoms with Crippen LogP contribution in [-0.4, -0.2) is 23.8 Å². The van der Waals surface area contributed by atoms with Crippen molar-refractivity contribution in [3.8, 4) is 0 Å². The summed E-state index contributed by atoms with van der Waals surface area (Å²) in [6.45, 7) is 8.50. The van der Waals surface area contributed by atoms with Crippen LogP contribution < -0.4 is 5.32 Å². The number of nitrogens with zero attached hydrogens (tertiary/aromatic N) is 2. The number of hydrogen-bond donors (Lipinski definition) is 1. The highest BCUT2D eigenvalue weighted by Gasteiger charge is 2.19. The Morgan fingerprint density at radius 3 is 2.39 bits per heavy atom. The number of benzene rings is 1. The van der Waals surface area contributed by atoms with Crippen LogP contribution in [0.5, 0.6) is 0 Å². The van der Waals surface area contributed by atoms with Gasteiger partial charge in [-0.05, 0) is 101 Å². The van der Waals surface area contributed by atoms with E-state index in [1.54, 1.807) is 6.08 Å². The van der Waals surface area contributed by atoms with Crippen LogP contribution >= 0.6 is 0 Å². The number of carbonyl (C=O) groups excluding carboxylic acids is 1. The van der Waals surface area contributed by atoms with Gasteiger partial charge < -0.3 is 10.1 Å². The Kier molecular flexibility index (Phi) is 11.5. The van der Waals surface area contributed by atoms with Gasteiger partial charge in [0.05, 0.1) is 7.11 Å². The number of pyridine rings is 1. The van der Waals surface area contributed by atoms with E-state index in [-0.39, 0.29) is 5.97 Å². The number of esters is 1. The number of aliphatic imine (C=N–C) groups is 1. The zero-order chi connectivity index (χ0) is 27.3. The van der Waals surface area contributed by atoms with E-state index >= 15 is 0 Å². The average Bonchev–Trinajstić information content (AvgIpc) is 3.06. The van der Waals surface area contributed by atoms with Crippen LogP contribution in [0.25, 0.3) is 12.2 Å². The maximum Gasteiger partial charge on any atom is 0.330 e. The van der Waals surface area contributed by atoms with E-state index in [0.29, 0.717) is 5.92 Å². The van der Waals surface area contributed by atoms with Gasteiger partial charge in [-0.2, -0.15) is 0 Å². The highest BCUT2D eigenvalue weighted by atomic mass is 16.5. The van der Waals surface area contributed by atoms with Gasteiger partial charge >= 0.3 is 5.97 Å². The molecule has 1 heterocycles. The van der Waals surface area contributed by atoms with E-state index in [9.17, 15) is 4.79 Å². The number of carbonyl (C=O) groups is 1. The quantitative estimate of drug-likeness (QED) is 0.157. The van der Waals surface area contributed by atoms with Crippen molar-refractivity contribution in [2.75, 3.05) is 12.4 Å². The zero-order valence-corrected chi connectivity index (χ0v) is 23.7. The number of ether oxygens (including phenoxy) is 1. The van der Waals surface area contributed by atoms with Crippen molar-refractivity contribution in [2.45, 2.75) is 79.1 Å². The fourth-order valence-electron chi connectivity index (χ4n) is 4.97. The summed E-state index contributed by atoms with van der Waals surface area (Å²) in [6.07, 6.45) is 21.2. The first-order valence-corrected chi connectivity index (χ1v) is 14.0. The van der Waals surface area contributed by atoms with Gasteiger partial charge in [-0.25, -0.2) is 9.78 Å². The molecule has 0 saturated heterocycles. The first-order valence-electron chi connectivity index (χ1n) is 14.0. The van der Waals surface area contributed by atoms with Crippen molar-refractivity contribution in [3.05, 3.63) is 71.0 Å². The second kappa shape index (κ2) is 15.1. The second-order valence-corrected chi connectivity index (χ2v) is 9.92. The Labute approximate surface area is 228 Å². The first-order chi connectivity index (χ1) is 18.5. The number of aryl methyl sites for hydroxylation is 1. The summed E-state index contributed by atoms with van der Waals surface area (Å²) in [6, 6.07) is 7.92. The van der Waals surface area contributed by atoms with Crippen molar-refractivity contribution in [2.24, 2.45) is 10.9 Å². The van der Waals surface area contributed by atoms with Crippen molar-refractivity contribution >= 4 is 41.0 Å². The highest BCUT2D eigenvalue weighted by molar-refractivity contribution is 5.92. The minimum Gasteiger partial charge on any atom is -0.466 e. The van der Waals surface area contributed by atoms with E-state index in [2.05, 4.69) is 55.1 Å². The summed E-state index contributed by atoms with van der Waals surface area (Å²) in [7, 11) is 1.38. The number of methoxy groups -OCH3 is 1. The van der Waals surface area contributed by atoms with E-state index in [1.165, 1.54) is 44.6 Å². The molecule has 0 amide bonds. The lowest BCUT2D eigenvalue weighted by Crippen LogP contribution is -2.15. The van der Waals surface area contributed by atoms with E-state index in [4.69, 9.17) is 9.98 Å². The molecule has 0 spiro atoms. The molecular formula is C33H43N3O2. The van der Waals surface area contributed by atoms with Gasteiger partial charge in [0.15, 0.2) is 5.82 Å². The summed E-state index contributed by atoms with van der Waals surface area (Å²) in [5, 5.41) is 3.54. The van der Waals surface area contributed by atoms with E-state index < -0.39 is 0 Å². The molecule has 5 nitrogen and oxygen atoms in total. The molecule has 1 aliphatic rings. The van der Waals surface area contributed by atoms with Crippen LogP contribution in [-0.2, 0) is 9.53 Å². The number of anilines is 2. The third-order valence-electron chi connectivity index (χ3n) is 7.02. The second-order valence-electron chi connectivity index (χ2n) is 9.92. The molecule has 202 valence electrons. The number of aromatic nitrogens is 1. The van der Waals surface area contributed by atoms with Crippen LogP contribution in [0, 0.1) is 19.8 Å². The summed E-state index contributed by atoms with van der Waals surface area (Å²) < 4.78 is 4.68. The molecule has 0 aliphatic heterocycles. The maximum absolute atomic E-state index is 11.4. The normalized spacial score (nSPS) is 16.3. The van der Waals surface area contributed by atoms with Gasteiger partial charge in [0.2, 0.25) is 0 Å². The van der Waals surface area contributed by atoms with Gasteiger partial charge in [0.1, 0.15) is 5.69 Å². The van der Waals surface area contributed by atoms with Crippen molar-refractivity contribution in [1.82, 2.24) is 4.98 Å². The minimum atomic E-state index is -0.370. The SMILES string of the molecule is C/C=C\c1c(C)nc(Nc2ccc(/C=C/C(=O)OC)cc2)c(N=C(CCC)C2CCC/C=C\CCC2)c1C. The summed E-state index contributed by atoms with van der Waals surface area (Å²) in [5.74, 6) is 0.920. The molecule has 3 rings (SSSR count). The van der Waals surface area contributed by atoms with Crippen LogP contribution in [0.3, 0.4) is 0 Å². The molecule has 0 radical (unpaired) electrons. The monoisotopic (exact) mass is 513 g/mol. The van der Waals surface area contributed by atoms with E-state index in [0.717, 1.165) is 65.3 Å². The van der Waals surface area contributed by atoms with Crippen LogP contribution in [0.15, 0.2) is 53.6 Å². The van der Waals surface area contributed by atoms with Gasteiger partial charge in [-0.1, -0.05) is 49.8 Å². The van der Waals surface area contributed by atoms with Crippen LogP contribution in [0.4, 0.5) is 17.2 Å². The molecule has 5 heteroatoms. The smallest absolute Gasteiger partial charge is 0.330 e. The maximum atomic E-state index is 11.4. The minimum absolute atomic E-state index is 0.370. The lowest BCUT2D eigenvalue weighted by atomic mass is 9.89. The number of allylic oxidation sites excluding steroid dienone is 3. The summed E-state index contributed by atoms with van der Waals surface area (Å²) in [5.41, 5.74) is 7.34.